The third-order valence-corrected chi connectivity index (χ3v) is 2.17. The van der Waals surface area contributed by atoms with Crippen molar-refractivity contribution in [2.45, 2.75) is 13.0 Å². The van der Waals surface area contributed by atoms with Crippen LogP contribution < -0.4 is 5.32 Å². The summed E-state index contributed by atoms with van der Waals surface area (Å²) in [6.07, 6.45) is 0. The first-order valence-electron chi connectivity index (χ1n) is 4.76. The number of amides is 1. The van der Waals surface area contributed by atoms with Gasteiger partial charge in [-0.15, -0.1) is 0 Å². The van der Waals surface area contributed by atoms with E-state index in [-0.39, 0.29) is 18.5 Å². The van der Waals surface area contributed by atoms with E-state index in [1.165, 1.54) is 0 Å². The van der Waals surface area contributed by atoms with Crippen LogP contribution in [0, 0.1) is 11.3 Å². The Kier molecular flexibility index (Phi) is 4.36. The zero-order chi connectivity index (χ0) is 10.4. The lowest BCUT2D eigenvalue weighted by Crippen LogP contribution is -2.53. The first-order chi connectivity index (χ1) is 6.79. The van der Waals surface area contributed by atoms with Gasteiger partial charge in [0.2, 0.25) is 5.91 Å². The van der Waals surface area contributed by atoms with Crippen LogP contribution in [-0.4, -0.2) is 49.7 Å². The van der Waals surface area contributed by atoms with Gasteiger partial charge in [-0.05, 0) is 6.92 Å². The molecule has 0 bridgehead atoms. The first-order valence-corrected chi connectivity index (χ1v) is 4.76. The molecule has 1 atom stereocenters. The van der Waals surface area contributed by atoms with E-state index in [9.17, 15) is 4.79 Å². The Morgan fingerprint density at radius 2 is 2.57 bits per heavy atom. The molecule has 78 valence electrons. The summed E-state index contributed by atoms with van der Waals surface area (Å²) in [5.74, 6) is -0.0533. The Labute approximate surface area is 83.6 Å². The lowest BCUT2D eigenvalue weighted by molar-refractivity contribution is -0.131. The van der Waals surface area contributed by atoms with Crippen molar-refractivity contribution in [2.75, 3.05) is 32.8 Å². The number of hydrogen-bond acceptors (Lipinski definition) is 4. The van der Waals surface area contributed by atoms with E-state index >= 15 is 0 Å². The third-order valence-electron chi connectivity index (χ3n) is 2.17. The largest absolute Gasteiger partial charge is 0.378 e. The van der Waals surface area contributed by atoms with Gasteiger partial charge in [-0.2, -0.15) is 5.26 Å². The maximum Gasteiger partial charge on any atom is 0.239 e. The van der Waals surface area contributed by atoms with Crippen LogP contribution in [0.2, 0.25) is 0 Å². The quantitative estimate of drug-likeness (QED) is 0.610. The number of nitrogens with one attached hydrogen (secondary N) is 1. The van der Waals surface area contributed by atoms with Crippen molar-refractivity contribution in [1.82, 2.24) is 10.2 Å². The Morgan fingerprint density at radius 3 is 3.21 bits per heavy atom. The van der Waals surface area contributed by atoms with Gasteiger partial charge in [0, 0.05) is 13.1 Å². The zero-order valence-corrected chi connectivity index (χ0v) is 8.32. The highest BCUT2D eigenvalue weighted by atomic mass is 16.5. The molecule has 0 aromatic heterocycles. The maximum absolute atomic E-state index is 11.5. The standard InChI is InChI=1S/C9H15N3O2/c1-2-11-9(13)8-7-14-6-5-12(8)4-3-10/h8H,2,4-7H2,1H3,(H,11,13). The first kappa shape index (κ1) is 11.0. The second kappa shape index (κ2) is 5.58. The minimum atomic E-state index is -0.302. The fourth-order valence-electron chi connectivity index (χ4n) is 1.45. The number of nitrogens with zero attached hydrogens (tertiary/aromatic N) is 2. The molecule has 5 nitrogen and oxygen atoms in total. The van der Waals surface area contributed by atoms with E-state index in [1.807, 2.05) is 11.8 Å². The Morgan fingerprint density at radius 1 is 1.79 bits per heavy atom. The average molecular weight is 197 g/mol. The normalized spacial score (nSPS) is 22.7. The molecule has 1 fully saturated rings. The number of rotatable bonds is 3. The second-order valence-corrected chi connectivity index (χ2v) is 3.11. The summed E-state index contributed by atoms with van der Waals surface area (Å²) in [4.78, 5) is 13.4. The van der Waals surface area contributed by atoms with Crippen molar-refractivity contribution in [2.24, 2.45) is 0 Å². The zero-order valence-electron chi connectivity index (χ0n) is 8.32. The molecule has 1 N–H and O–H groups in total. The van der Waals surface area contributed by atoms with Crippen molar-refractivity contribution in [1.29, 1.82) is 5.26 Å². The van der Waals surface area contributed by atoms with Crippen molar-refractivity contribution in [3.8, 4) is 6.07 Å². The van der Waals surface area contributed by atoms with E-state index < -0.39 is 0 Å². The van der Waals surface area contributed by atoms with Crippen LogP contribution >= 0.6 is 0 Å². The number of likely N-dealkylation sites (N-methyl/N-ethyl adjacent to an activating group) is 1. The van der Waals surface area contributed by atoms with Gasteiger partial charge in [0.15, 0.2) is 0 Å². The van der Waals surface area contributed by atoms with Crippen LogP contribution in [0.4, 0.5) is 0 Å². The van der Waals surface area contributed by atoms with E-state index in [4.69, 9.17) is 10.00 Å². The summed E-state index contributed by atoms with van der Waals surface area (Å²) < 4.78 is 5.21. The second-order valence-electron chi connectivity index (χ2n) is 3.11. The van der Waals surface area contributed by atoms with Gasteiger partial charge in [0.05, 0.1) is 25.8 Å². The fraction of sp³-hybridized carbons (Fsp3) is 0.778. The minimum absolute atomic E-state index is 0.0533. The number of hydrogen-bond donors (Lipinski definition) is 1. The van der Waals surface area contributed by atoms with Crippen LogP contribution in [-0.2, 0) is 9.53 Å². The summed E-state index contributed by atoms with van der Waals surface area (Å²) in [5.41, 5.74) is 0. The molecule has 1 heterocycles. The van der Waals surface area contributed by atoms with Gasteiger partial charge in [-0.1, -0.05) is 0 Å². The molecular weight excluding hydrogens is 182 g/mol. The maximum atomic E-state index is 11.5. The predicted octanol–water partition coefficient (Wildman–Crippen LogP) is -0.653. The van der Waals surface area contributed by atoms with Crippen molar-refractivity contribution in [3.05, 3.63) is 0 Å². The number of ether oxygens (including phenoxy) is 1. The topological polar surface area (TPSA) is 65.4 Å². The molecule has 14 heavy (non-hydrogen) atoms. The molecule has 0 radical (unpaired) electrons. The predicted molar refractivity (Wildman–Crippen MR) is 50.5 cm³/mol. The molecule has 1 rings (SSSR count). The molecule has 0 saturated carbocycles. The molecule has 1 amide bonds. The molecule has 1 aliphatic heterocycles. The van der Waals surface area contributed by atoms with E-state index in [0.717, 1.165) is 0 Å². The molecule has 1 unspecified atom stereocenters. The lowest BCUT2D eigenvalue weighted by Gasteiger charge is -2.32. The Balaban J connectivity index is 2.53. The van der Waals surface area contributed by atoms with Gasteiger partial charge in [0.1, 0.15) is 6.04 Å². The summed E-state index contributed by atoms with van der Waals surface area (Å²) >= 11 is 0. The van der Waals surface area contributed by atoms with Crippen molar-refractivity contribution < 1.29 is 9.53 Å². The van der Waals surface area contributed by atoms with Crippen LogP contribution in [0.25, 0.3) is 0 Å². The summed E-state index contributed by atoms with van der Waals surface area (Å²) in [6, 6.07) is 1.75. The SMILES string of the molecule is CCNC(=O)C1COCCN1CC#N. The number of morpholine rings is 1. The highest BCUT2D eigenvalue weighted by Gasteiger charge is 2.28. The van der Waals surface area contributed by atoms with E-state index in [2.05, 4.69) is 11.4 Å². The van der Waals surface area contributed by atoms with Crippen LogP contribution in [0.5, 0.6) is 0 Å². The number of carbonyl (C=O) groups excluding carboxylic acids is 1. The van der Waals surface area contributed by atoms with E-state index in [0.29, 0.717) is 26.3 Å². The van der Waals surface area contributed by atoms with Crippen LogP contribution in [0.3, 0.4) is 0 Å². The average Bonchev–Trinajstić information content (AvgIpc) is 2.19. The van der Waals surface area contributed by atoms with E-state index in [1.54, 1.807) is 0 Å². The number of carbonyl (C=O) groups is 1. The third kappa shape index (κ3) is 2.69. The molecule has 0 aliphatic carbocycles. The van der Waals surface area contributed by atoms with Gasteiger partial charge in [0.25, 0.3) is 0 Å². The molecular formula is C9H15N3O2. The Hall–Kier alpha value is -1.12. The summed E-state index contributed by atoms with van der Waals surface area (Å²) in [6.45, 7) is 4.39. The molecule has 1 aliphatic rings. The number of nitriles is 1. The molecule has 1 saturated heterocycles. The smallest absolute Gasteiger partial charge is 0.239 e. The molecule has 5 heteroatoms. The van der Waals surface area contributed by atoms with Gasteiger partial charge >= 0.3 is 0 Å². The highest BCUT2D eigenvalue weighted by Crippen LogP contribution is 2.05. The van der Waals surface area contributed by atoms with Gasteiger partial charge < -0.3 is 10.1 Å². The van der Waals surface area contributed by atoms with Gasteiger partial charge in [-0.25, -0.2) is 0 Å². The minimum Gasteiger partial charge on any atom is -0.378 e. The molecule has 0 spiro atoms. The molecule has 0 aromatic carbocycles. The lowest BCUT2D eigenvalue weighted by atomic mass is 10.2. The molecule has 0 aromatic rings. The fourth-order valence-corrected chi connectivity index (χ4v) is 1.45. The van der Waals surface area contributed by atoms with Crippen LogP contribution in [0.15, 0.2) is 0 Å². The monoisotopic (exact) mass is 197 g/mol. The Bertz CT molecular complexity index is 237. The van der Waals surface area contributed by atoms with Crippen molar-refractivity contribution in [3.63, 3.8) is 0 Å². The highest BCUT2D eigenvalue weighted by molar-refractivity contribution is 5.81. The summed E-state index contributed by atoms with van der Waals surface area (Å²) in [7, 11) is 0. The van der Waals surface area contributed by atoms with Gasteiger partial charge in [-0.3, -0.25) is 9.69 Å². The van der Waals surface area contributed by atoms with Crippen LogP contribution in [0.1, 0.15) is 6.92 Å². The van der Waals surface area contributed by atoms with Crippen molar-refractivity contribution >= 4 is 5.91 Å². The summed E-state index contributed by atoms with van der Waals surface area (Å²) in [5, 5.41) is 11.3.